The molecule has 1 aromatic rings. The van der Waals surface area contributed by atoms with Crippen LogP contribution < -0.4 is 11.1 Å². The van der Waals surface area contributed by atoms with E-state index in [1.165, 1.54) is 6.26 Å². The van der Waals surface area contributed by atoms with Crippen molar-refractivity contribution in [2.24, 2.45) is 10.9 Å². The molecule has 6 nitrogen and oxygen atoms in total. The third-order valence-corrected chi connectivity index (χ3v) is 2.22. The summed E-state index contributed by atoms with van der Waals surface area (Å²) in [4.78, 5) is 11.8. The van der Waals surface area contributed by atoms with Crippen LogP contribution in [0.15, 0.2) is 21.9 Å². The molecular formula is C10H15N3O3. The Balaban J connectivity index is 2.73. The molecule has 1 amide bonds. The Labute approximate surface area is 93.1 Å². The Kier molecular flexibility index (Phi) is 3.93. The molecule has 1 atom stereocenters. The van der Waals surface area contributed by atoms with Crippen LogP contribution in [0.1, 0.15) is 30.0 Å². The molecule has 16 heavy (non-hydrogen) atoms. The molecule has 0 fully saturated rings. The highest BCUT2D eigenvalue weighted by Crippen LogP contribution is 2.11. The summed E-state index contributed by atoms with van der Waals surface area (Å²) in [6.45, 7) is 3.52. The number of aryl methyl sites for hydroxylation is 1. The lowest BCUT2D eigenvalue weighted by Crippen LogP contribution is -2.42. The maximum atomic E-state index is 11.8. The first-order valence-electron chi connectivity index (χ1n) is 4.94. The predicted octanol–water partition coefficient (Wildman–Crippen LogP) is 0.707. The number of oxime groups is 1. The average molecular weight is 225 g/mol. The van der Waals surface area contributed by atoms with E-state index in [0.29, 0.717) is 17.7 Å². The average Bonchev–Trinajstić information content (AvgIpc) is 2.75. The number of nitrogens with zero attached hydrogens (tertiary/aromatic N) is 1. The molecule has 1 unspecified atom stereocenters. The summed E-state index contributed by atoms with van der Waals surface area (Å²) in [5.41, 5.74) is 5.82. The van der Waals surface area contributed by atoms with E-state index in [-0.39, 0.29) is 11.7 Å². The van der Waals surface area contributed by atoms with Gasteiger partial charge in [-0.2, -0.15) is 0 Å². The number of rotatable bonds is 4. The first-order chi connectivity index (χ1) is 7.60. The normalized spacial score (nSPS) is 13.5. The molecule has 1 heterocycles. The van der Waals surface area contributed by atoms with Gasteiger partial charge in [0, 0.05) is 6.42 Å². The Morgan fingerprint density at radius 2 is 2.44 bits per heavy atom. The summed E-state index contributed by atoms with van der Waals surface area (Å²) in [7, 11) is 0. The zero-order chi connectivity index (χ0) is 12.1. The van der Waals surface area contributed by atoms with Gasteiger partial charge in [0.05, 0.1) is 17.9 Å². The maximum absolute atomic E-state index is 11.8. The molecule has 88 valence electrons. The smallest absolute Gasteiger partial charge is 0.255 e. The van der Waals surface area contributed by atoms with Gasteiger partial charge < -0.3 is 20.7 Å². The van der Waals surface area contributed by atoms with Crippen LogP contribution in [0.2, 0.25) is 0 Å². The van der Waals surface area contributed by atoms with Crippen molar-refractivity contribution in [3.63, 3.8) is 0 Å². The van der Waals surface area contributed by atoms with E-state index in [4.69, 9.17) is 15.4 Å². The van der Waals surface area contributed by atoms with Crippen LogP contribution in [-0.2, 0) is 6.42 Å². The number of carbonyl (C=O) groups is 1. The van der Waals surface area contributed by atoms with Gasteiger partial charge in [0.2, 0.25) is 0 Å². The van der Waals surface area contributed by atoms with Crippen molar-refractivity contribution in [2.45, 2.75) is 26.3 Å². The predicted molar refractivity (Wildman–Crippen MR) is 58.4 cm³/mol. The summed E-state index contributed by atoms with van der Waals surface area (Å²) in [5, 5.41) is 13.9. The highest BCUT2D eigenvalue weighted by Gasteiger charge is 2.17. The zero-order valence-electron chi connectivity index (χ0n) is 9.23. The van der Waals surface area contributed by atoms with Crippen LogP contribution in [0.25, 0.3) is 0 Å². The minimum Gasteiger partial charge on any atom is -0.469 e. The minimum atomic E-state index is -0.530. The minimum absolute atomic E-state index is 0.0464. The number of nitrogens with one attached hydrogen (secondary N) is 1. The molecule has 0 aromatic carbocycles. The number of carbonyl (C=O) groups excluding carboxylic acids is 1. The molecular weight excluding hydrogens is 210 g/mol. The van der Waals surface area contributed by atoms with Gasteiger partial charge in [-0.25, -0.2) is 0 Å². The number of amidine groups is 1. The van der Waals surface area contributed by atoms with Crippen molar-refractivity contribution in [3.8, 4) is 0 Å². The molecule has 0 aliphatic carbocycles. The van der Waals surface area contributed by atoms with Crippen molar-refractivity contribution in [1.82, 2.24) is 5.32 Å². The van der Waals surface area contributed by atoms with Gasteiger partial charge in [0.15, 0.2) is 5.84 Å². The fraction of sp³-hybridized carbons (Fsp3) is 0.400. The molecule has 6 heteroatoms. The first-order valence-corrected chi connectivity index (χ1v) is 4.94. The van der Waals surface area contributed by atoms with Crippen molar-refractivity contribution >= 4 is 11.7 Å². The molecule has 0 aliphatic rings. The Bertz CT molecular complexity index is 398. The lowest BCUT2D eigenvalue weighted by atomic mass is 10.2. The van der Waals surface area contributed by atoms with Gasteiger partial charge in [-0.1, -0.05) is 12.1 Å². The zero-order valence-corrected chi connectivity index (χ0v) is 9.23. The second-order valence-corrected chi connectivity index (χ2v) is 3.33. The highest BCUT2D eigenvalue weighted by molar-refractivity contribution is 5.98. The molecule has 4 N–H and O–H groups in total. The number of amides is 1. The van der Waals surface area contributed by atoms with Crippen molar-refractivity contribution in [2.75, 3.05) is 0 Å². The van der Waals surface area contributed by atoms with Crippen LogP contribution >= 0.6 is 0 Å². The Hall–Kier alpha value is -1.98. The molecule has 0 aliphatic heterocycles. The fourth-order valence-corrected chi connectivity index (χ4v) is 1.25. The van der Waals surface area contributed by atoms with Gasteiger partial charge >= 0.3 is 0 Å². The standard InChI is InChI=1S/C10H15N3O3/c1-3-8-7(4-5-16-8)10(14)12-6(2)9(11)13-15/h4-6,15H,3H2,1-2H3,(H2,11,13)(H,12,14). The lowest BCUT2D eigenvalue weighted by Gasteiger charge is -2.11. The van der Waals surface area contributed by atoms with Crippen LogP contribution in [0, 0.1) is 0 Å². The third-order valence-electron chi connectivity index (χ3n) is 2.22. The van der Waals surface area contributed by atoms with E-state index in [1.54, 1.807) is 13.0 Å². The maximum Gasteiger partial charge on any atom is 0.255 e. The topological polar surface area (TPSA) is 101 Å². The summed E-state index contributed by atoms with van der Waals surface area (Å²) in [5.74, 6) is 0.267. The fourth-order valence-electron chi connectivity index (χ4n) is 1.25. The molecule has 1 aromatic heterocycles. The van der Waals surface area contributed by atoms with Gasteiger partial charge in [0.1, 0.15) is 5.76 Å². The summed E-state index contributed by atoms with van der Waals surface area (Å²) < 4.78 is 5.13. The summed E-state index contributed by atoms with van der Waals surface area (Å²) in [6.07, 6.45) is 2.09. The number of hydrogen-bond acceptors (Lipinski definition) is 4. The first kappa shape index (κ1) is 12.1. The number of hydrogen-bond donors (Lipinski definition) is 3. The van der Waals surface area contributed by atoms with E-state index < -0.39 is 6.04 Å². The summed E-state index contributed by atoms with van der Waals surface area (Å²) >= 11 is 0. The van der Waals surface area contributed by atoms with Gasteiger partial charge in [0.25, 0.3) is 5.91 Å². The van der Waals surface area contributed by atoms with E-state index in [1.807, 2.05) is 6.92 Å². The number of nitrogens with two attached hydrogens (primary N) is 1. The second kappa shape index (κ2) is 5.20. The molecule has 0 saturated carbocycles. The van der Waals surface area contributed by atoms with E-state index in [2.05, 4.69) is 10.5 Å². The van der Waals surface area contributed by atoms with Crippen LogP contribution in [-0.4, -0.2) is 23.0 Å². The van der Waals surface area contributed by atoms with E-state index in [9.17, 15) is 4.79 Å². The monoisotopic (exact) mass is 225 g/mol. The summed E-state index contributed by atoms with van der Waals surface area (Å²) in [6, 6.07) is 1.06. The largest absolute Gasteiger partial charge is 0.469 e. The molecule has 0 radical (unpaired) electrons. The second-order valence-electron chi connectivity index (χ2n) is 3.33. The van der Waals surface area contributed by atoms with Gasteiger partial charge in [-0.15, -0.1) is 0 Å². The highest BCUT2D eigenvalue weighted by atomic mass is 16.4. The SMILES string of the molecule is CCc1occc1C(=O)NC(C)/C(N)=N/O. The van der Waals surface area contributed by atoms with Crippen molar-refractivity contribution in [3.05, 3.63) is 23.7 Å². The lowest BCUT2D eigenvalue weighted by molar-refractivity contribution is 0.0946. The van der Waals surface area contributed by atoms with Gasteiger partial charge in [-0.3, -0.25) is 4.79 Å². The van der Waals surface area contributed by atoms with E-state index >= 15 is 0 Å². The van der Waals surface area contributed by atoms with Crippen LogP contribution in [0.3, 0.4) is 0 Å². The molecule has 0 spiro atoms. The van der Waals surface area contributed by atoms with Crippen LogP contribution in [0.5, 0.6) is 0 Å². The number of furan rings is 1. The Morgan fingerprint density at radius 3 is 3.00 bits per heavy atom. The molecule has 1 rings (SSSR count). The van der Waals surface area contributed by atoms with Gasteiger partial charge in [-0.05, 0) is 13.0 Å². The van der Waals surface area contributed by atoms with Crippen LogP contribution in [0.4, 0.5) is 0 Å². The van der Waals surface area contributed by atoms with Crippen molar-refractivity contribution < 1.29 is 14.4 Å². The molecule has 0 saturated heterocycles. The third kappa shape index (κ3) is 2.53. The quantitative estimate of drug-likeness (QED) is 0.304. The van der Waals surface area contributed by atoms with Crippen molar-refractivity contribution in [1.29, 1.82) is 0 Å². The van der Waals surface area contributed by atoms with E-state index in [0.717, 1.165) is 0 Å². The Morgan fingerprint density at radius 1 is 1.75 bits per heavy atom. The molecule has 0 bridgehead atoms.